The lowest BCUT2D eigenvalue weighted by atomic mass is 9.91. The molecule has 0 radical (unpaired) electrons. The molecule has 0 spiro atoms. The molecule has 1 unspecified atom stereocenters. The molecule has 2 N–H and O–H groups in total. The molecule has 2 aromatic rings. The van der Waals surface area contributed by atoms with E-state index in [1.54, 1.807) is 37.3 Å². The number of benzene rings is 2. The average molecular weight is 446 g/mol. The van der Waals surface area contributed by atoms with Crippen LogP contribution in [0.2, 0.25) is 5.02 Å². The van der Waals surface area contributed by atoms with Crippen molar-refractivity contribution in [2.75, 3.05) is 27.3 Å². The molecule has 8 nitrogen and oxygen atoms in total. The van der Waals surface area contributed by atoms with E-state index in [-0.39, 0.29) is 6.54 Å². The Labute approximate surface area is 185 Å². The Bertz CT molecular complexity index is 995. The molecule has 1 aliphatic rings. The molecule has 0 saturated carbocycles. The Morgan fingerprint density at radius 1 is 1.10 bits per heavy atom. The third kappa shape index (κ3) is 4.74. The lowest BCUT2D eigenvalue weighted by molar-refractivity contribution is -0.134. The lowest BCUT2D eigenvalue weighted by Crippen LogP contribution is -2.43. The number of urea groups is 1. The zero-order chi connectivity index (χ0) is 22.6. The minimum atomic E-state index is -1.32. The van der Waals surface area contributed by atoms with Crippen LogP contribution in [0.25, 0.3) is 0 Å². The van der Waals surface area contributed by atoms with Crippen LogP contribution in [0.5, 0.6) is 11.5 Å². The molecule has 3 rings (SSSR count). The van der Waals surface area contributed by atoms with Gasteiger partial charge >= 0.3 is 6.03 Å². The van der Waals surface area contributed by atoms with Crippen molar-refractivity contribution in [1.82, 2.24) is 15.5 Å². The molecule has 2 aromatic carbocycles. The first kappa shape index (κ1) is 22.4. The zero-order valence-corrected chi connectivity index (χ0v) is 18.3. The van der Waals surface area contributed by atoms with Crippen molar-refractivity contribution in [3.8, 4) is 11.5 Å². The standard InChI is InChI=1S/C22H24ClN3O5/c1-22(15-6-9-17(30-2)18(12-15)31-3)20(28)26(21(29)25-22)13-19(27)24-11-10-14-4-7-16(23)8-5-14/h4-9,12H,10-11,13H2,1-3H3,(H,24,27)(H,25,29). The predicted octanol–water partition coefficient (Wildman–Crippen LogP) is 2.48. The van der Waals surface area contributed by atoms with Gasteiger partial charge in [-0.15, -0.1) is 0 Å². The summed E-state index contributed by atoms with van der Waals surface area (Å²) in [4.78, 5) is 38.7. The summed E-state index contributed by atoms with van der Waals surface area (Å²) in [5, 5.41) is 6.05. The first-order chi connectivity index (χ1) is 14.8. The molecule has 1 fully saturated rings. The molecule has 1 atom stereocenters. The van der Waals surface area contributed by atoms with E-state index in [1.165, 1.54) is 14.2 Å². The van der Waals surface area contributed by atoms with Crippen LogP contribution in [0.4, 0.5) is 4.79 Å². The van der Waals surface area contributed by atoms with Crippen molar-refractivity contribution in [1.29, 1.82) is 0 Å². The SMILES string of the molecule is COc1ccc(C2(C)NC(=O)N(CC(=O)NCCc3ccc(Cl)cc3)C2=O)cc1OC. The van der Waals surface area contributed by atoms with Crippen LogP contribution in [0.1, 0.15) is 18.1 Å². The Morgan fingerprint density at radius 3 is 2.42 bits per heavy atom. The number of ether oxygens (including phenoxy) is 2. The van der Waals surface area contributed by atoms with Gasteiger partial charge in [0, 0.05) is 11.6 Å². The molecule has 1 heterocycles. The molecule has 1 aliphatic heterocycles. The highest BCUT2D eigenvalue weighted by Gasteiger charge is 2.49. The minimum Gasteiger partial charge on any atom is -0.493 e. The quantitative estimate of drug-likeness (QED) is 0.608. The Morgan fingerprint density at radius 2 is 1.77 bits per heavy atom. The maximum atomic E-state index is 13.0. The normalized spacial score (nSPS) is 18.0. The van der Waals surface area contributed by atoms with Crippen molar-refractivity contribution >= 4 is 29.4 Å². The Hall–Kier alpha value is -3.26. The maximum absolute atomic E-state index is 13.0. The van der Waals surface area contributed by atoms with E-state index in [2.05, 4.69) is 10.6 Å². The number of methoxy groups -OCH3 is 2. The summed E-state index contributed by atoms with van der Waals surface area (Å²) in [5.74, 6) is -0.00296. The number of hydrogen-bond acceptors (Lipinski definition) is 5. The number of nitrogens with zero attached hydrogens (tertiary/aromatic N) is 1. The molecule has 0 bridgehead atoms. The van der Waals surface area contributed by atoms with Gasteiger partial charge in [-0.3, -0.25) is 14.5 Å². The van der Waals surface area contributed by atoms with Crippen molar-refractivity contribution in [3.05, 3.63) is 58.6 Å². The largest absolute Gasteiger partial charge is 0.493 e. The summed E-state index contributed by atoms with van der Waals surface area (Å²) in [7, 11) is 2.99. The molecular formula is C22H24ClN3O5. The van der Waals surface area contributed by atoms with Crippen LogP contribution in [0, 0.1) is 0 Å². The van der Waals surface area contributed by atoms with Crippen LogP contribution in [0.15, 0.2) is 42.5 Å². The van der Waals surface area contributed by atoms with Gasteiger partial charge < -0.3 is 20.1 Å². The summed E-state index contributed by atoms with van der Waals surface area (Å²) in [6.07, 6.45) is 0.604. The number of halogens is 1. The molecule has 1 saturated heterocycles. The number of hydrogen-bond donors (Lipinski definition) is 2. The van der Waals surface area contributed by atoms with Crippen LogP contribution in [-0.4, -0.2) is 50.1 Å². The van der Waals surface area contributed by atoms with Crippen LogP contribution >= 0.6 is 11.6 Å². The van der Waals surface area contributed by atoms with Crippen molar-refractivity contribution < 1.29 is 23.9 Å². The lowest BCUT2D eigenvalue weighted by Gasteiger charge is -2.23. The molecular weight excluding hydrogens is 422 g/mol. The highest BCUT2D eigenvalue weighted by Crippen LogP contribution is 2.35. The first-order valence-corrected chi connectivity index (χ1v) is 10.0. The first-order valence-electron chi connectivity index (χ1n) is 9.66. The van der Waals surface area contributed by atoms with Gasteiger partial charge in [-0.25, -0.2) is 4.79 Å². The van der Waals surface area contributed by atoms with Crippen LogP contribution in [0.3, 0.4) is 0 Å². The van der Waals surface area contributed by atoms with E-state index in [0.717, 1.165) is 10.5 Å². The highest BCUT2D eigenvalue weighted by atomic mass is 35.5. The third-order valence-electron chi connectivity index (χ3n) is 5.19. The van der Waals surface area contributed by atoms with Gasteiger partial charge in [-0.05, 0) is 48.7 Å². The average Bonchev–Trinajstić information content (AvgIpc) is 2.98. The van der Waals surface area contributed by atoms with Gasteiger partial charge in [0.15, 0.2) is 11.5 Å². The number of carbonyl (C=O) groups is 3. The summed E-state index contributed by atoms with van der Waals surface area (Å²) >= 11 is 5.86. The van der Waals surface area contributed by atoms with Crippen molar-refractivity contribution in [3.63, 3.8) is 0 Å². The monoisotopic (exact) mass is 445 g/mol. The fraction of sp³-hybridized carbons (Fsp3) is 0.318. The molecule has 164 valence electrons. The molecule has 4 amide bonds. The van der Waals surface area contributed by atoms with Crippen molar-refractivity contribution in [2.45, 2.75) is 18.9 Å². The summed E-state index contributed by atoms with van der Waals surface area (Å²) < 4.78 is 10.5. The van der Waals surface area contributed by atoms with E-state index in [0.29, 0.717) is 35.1 Å². The minimum absolute atomic E-state index is 0.367. The second kappa shape index (κ2) is 9.26. The number of carbonyl (C=O) groups excluding carboxylic acids is 3. The molecule has 0 aliphatic carbocycles. The second-order valence-electron chi connectivity index (χ2n) is 7.24. The van der Waals surface area contributed by atoms with Gasteiger partial charge in [-0.2, -0.15) is 0 Å². The van der Waals surface area contributed by atoms with Crippen LogP contribution in [-0.2, 0) is 21.5 Å². The van der Waals surface area contributed by atoms with E-state index in [9.17, 15) is 14.4 Å². The van der Waals surface area contributed by atoms with Gasteiger partial charge in [0.2, 0.25) is 5.91 Å². The van der Waals surface area contributed by atoms with E-state index in [4.69, 9.17) is 21.1 Å². The van der Waals surface area contributed by atoms with E-state index < -0.39 is 23.4 Å². The fourth-order valence-corrected chi connectivity index (χ4v) is 3.51. The fourth-order valence-electron chi connectivity index (χ4n) is 3.38. The van der Waals surface area contributed by atoms with E-state index in [1.807, 2.05) is 12.1 Å². The van der Waals surface area contributed by atoms with Gasteiger partial charge in [0.1, 0.15) is 12.1 Å². The van der Waals surface area contributed by atoms with Gasteiger partial charge in [0.25, 0.3) is 5.91 Å². The second-order valence-corrected chi connectivity index (χ2v) is 7.68. The zero-order valence-electron chi connectivity index (χ0n) is 17.5. The Kier molecular flexibility index (Phi) is 6.70. The number of amides is 4. The maximum Gasteiger partial charge on any atom is 0.325 e. The van der Waals surface area contributed by atoms with Gasteiger partial charge in [0.05, 0.1) is 14.2 Å². The number of rotatable bonds is 8. The smallest absolute Gasteiger partial charge is 0.325 e. The topological polar surface area (TPSA) is 97.0 Å². The van der Waals surface area contributed by atoms with Gasteiger partial charge in [-0.1, -0.05) is 29.8 Å². The number of imide groups is 1. The predicted molar refractivity (Wildman–Crippen MR) is 115 cm³/mol. The highest BCUT2D eigenvalue weighted by molar-refractivity contribution is 6.30. The summed E-state index contributed by atoms with van der Waals surface area (Å²) in [6.45, 7) is 1.60. The molecule has 31 heavy (non-hydrogen) atoms. The molecule has 0 aromatic heterocycles. The van der Waals surface area contributed by atoms with Crippen LogP contribution < -0.4 is 20.1 Å². The van der Waals surface area contributed by atoms with E-state index >= 15 is 0 Å². The molecule has 9 heteroatoms. The third-order valence-corrected chi connectivity index (χ3v) is 5.44. The summed E-state index contributed by atoms with van der Waals surface area (Å²) in [5.41, 5.74) is 0.218. The van der Waals surface area contributed by atoms with Crippen molar-refractivity contribution in [2.24, 2.45) is 0 Å². The Balaban J connectivity index is 1.64. The number of nitrogens with one attached hydrogen (secondary N) is 2. The summed E-state index contributed by atoms with van der Waals surface area (Å²) in [6, 6.07) is 11.6.